The fourth-order valence-electron chi connectivity index (χ4n) is 4.09. The van der Waals surface area contributed by atoms with E-state index in [1.54, 1.807) is 41.2 Å². The molecule has 1 saturated carbocycles. The van der Waals surface area contributed by atoms with Crippen LogP contribution < -0.4 is 4.74 Å². The first-order valence-electron chi connectivity index (χ1n) is 10.6. The lowest BCUT2D eigenvalue weighted by molar-refractivity contribution is -0.127. The molecule has 0 N–H and O–H groups in total. The van der Waals surface area contributed by atoms with Crippen molar-refractivity contribution in [2.45, 2.75) is 38.3 Å². The van der Waals surface area contributed by atoms with Gasteiger partial charge in [-0.2, -0.15) is 5.10 Å². The van der Waals surface area contributed by atoms with Crippen molar-refractivity contribution in [3.05, 3.63) is 47.7 Å². The average molecular weight is 450 g/mol. The fourth-order valence-corrected chi connectivity index (χ4v) is 4.35. The number of ether oxygens (including phenoxy) is 1. The Morgan fingerprint density at radius 2 is 2.00 bits per heavy atom. The van der Waals surface area contributed by atoms with Crippen LogP contribution in [0.2, 0.25) is 5.02 Å². The van der Waals surface area contributed by atoms with Gasteiger partial charge in [0.25, 0.3) is 5.91 Å². The smallest absolute Gasteiger partial charge is 0.298 e. The Kier molecular flexibility index (Phi) is 6.72. The van der Waals surface area contributed by atoms with Crippen LogP contribution in [0.4, 0.5) is 0 Å². The first kappa shape index (κ1) is 21.8. The maximum atomic E-state index is 12.4. The number of carbonyl (C=O) groups excluding carboxylic acids is 1. The van der Waals surface area contributed by atoms with Crippen LogP contribution >= 0.6 is 11.6 Å². The predicted molar refractivity (Wildman–Crippen MR) is 123 cm³/mol. The van der Waals surface area contributed by atoms with E-state index in [-0.39, 0.29) is 11.9 Å². The van der Waals surface area contributed by atoms with Gasteiger partial charge < -0.3 is 9.64 Å². The molecule has 0 saturated heterocycles. The van der Waals surface area contributed by atoms with Crippen molar-refractivity contribution in [1.82, 2.24) is 24.6 Å². The Bertz CT molecular complexity index is 1130. The summed E-state index contributed by atoms with van der Waals surface area (Å²) in [5.41, 5.74) is 1.66. The number of carbonyl (C=O) groups is 1. The highest BCUT2D eigenvalue weighted by molar-refractivity contribution is 6.32. The number of hydrogen-bond acceptors (Lipinski definition) is 5. The van der Waals surface area contributed by atoms with Gasteiger partial charge >= 0.3 is 0 Å². The molecule has 1 aliphatic rings. The highest BCUT2D eigenvalue weighted by Crippen LogP contribution is 2.31. The van der Waals surface area contributed by atoms with E-state index < -0.39 is 0 Å². The summed E-state index contributed by atoms with van der Waals surface area (Å²) in [5.74, 6) is 3.82. The topological polar surface area (TPSA) is 73.1 Å². The van der Waals surface area contributed by atoms with Crippen LogP contribution in [0, 0.1) is 12.3 Å². The summed E-state index contributed by atoms with van der Waals surface area (Å²) in [7, 11) is 1.57. The summed E-state index contributed by atoms with van der Waals surface area (Å²) in [6, 6.07) is 9.39. The van der Waals surface area contributed by atoms with Gasteiger partial charge in [0.2, 0.25) is 0 Å². The summed E-state index contributed by atoms with van der Waals surface area (Å²) < 4.78 is 7.08. The minimum atomic E-state index is -0.277. The molecule has 32 heavy (non-hydrogen) atoms. The number of benzene rings is 1. The molecule has 1 fully saturated rings. The molecular weight excluding hydrogens is 426 g/mol. The second kappa shape index (κ2) is 9.84. The van der Waals surface area contributed by atoms with Crippen LogP contribution in [0.15, 0.2) is 42.7 Å². The molecule has 3 aromatic rings. The lowest BCUT2D eigenvalue weighted by atomic mass is 10.2. The molecule has 0 aliphatic heterocycles. The minimum Gasteiger partial charge on any atom is -0.495 e. The lowest BCUT2D eigenvalue weighted by Gasteiger charge is -2.27. The highest BCUT2D eigenvalue weighted by atomic mass is 35.5. The zero-order valence-electron chi connectivity index (χ0n) is 17.9. The van der Waals surface area contributed by atoms with Gasteiger partial charge in [-0.3, -0.25) is 9.78 Å². The van der Waals surface area contributed by atoms with Crippen molar-refractivity contribution in [3.63, 3.8) is 0 Å². The van der Waals surface area contributed by atoms with Gasteiger partial charge in [-0.05, 0) is 49.1 Å². The lowest BCUT2D eigenvalue weighted by Crippen LogP contribution is -2.40. The van der Waals surface area contributed by atoms with Crippen LogP contribution in [0.5, 0.6) is 5.75 Å². The highest BCUT2D eigenvalue weighted by Gasteiger charge is 2.26. The molecular formula is C24H24ClN5O2. The third-order valence-corrected chi connectivity index (χ3v) is 6.02. The van der Waals surface area contributed by atoms with Gasteiger partial charge in [0, 0.05) is 36.1 Å². The SMILES string of the molecule is C#CC(=O)N(CCn1nc(-c2ccncc2)nc1-c1ccc(OC)c(Cl)c1)C1CCCC1. The summed E-state index contributed by atoms with van der Waals surface area (Å²) in [6.07, 6.45) is 13.0. The van der Waals surface area contributed by atoms with E-state index in [4.69, 9.17) is 32.8 Å². The fraction of sp³-hybridized carbons (Fsp3) is 0.333. The van der Waals surface area contributed by atoms with Crippen molar-refractivity contribution in [3.8, 4) is 40.9 Å². The molecule has 1 aliphatic carbocycles. The van der Waals surface area contributed by atoms with Gasteiger partial charge in [0.05, 0.1) is 18.7 Å². The third-order valence-electron chi connectivity index (χ3n) is 5.72. The molecule has 1 aromatic carbocycles. The van der Waals surface area contributed by atoms with E-state index in [0.717, 1.165) is 36.8 Å². The molecule has 164 valence electrons. The number of rotatable bonds is 7. The number of aromatic nitrogens is 4. The zero-order chi connectivity index (χ0) is 22.5. The molecule has 0 atom stereocenters. The van der Waals surface area contributed by atoms with E-state index in [0.29, 0.717) is 35.5 Å². The molecule has 7 nitrogen and oxygen atoms in total. The number of terminal acetylenes is 1. The normalized spacial score (nSPS) is 13.7. The molecule has 0 bridgehead atoms. The van der Waals surface area contributed by atoms with Gasteiger partial charge in [-0.1, -0.05) is 24.4 Å². The zero-order valence-corrected chi connectivity index (χ0v) is 18.6. The summed E-state index contributed by atoms with van der Waals surface area (Å²) in [6.45, 7) is 0.921. The monoisotopic (exact) mass is 449 g/mol. The van der Waals surface area contributed by atoms with E-state index >= 15 is 0 Å². The Hall–Kier alpha value is -3.37. The molecule has 8 heteroatoms. The van der Waals surface area contributed by atoms with Crippen molar-refractivity contribution < 1.29 is 9.53 Å². The standard InChI is InChI=1S/C24H24ClN5O2/c1-3-22(31)29(19-6-4-5-7-19)14-15-30-24(18-8-9-21(32-2)20(25)16-18)27-23(28-30)17-10-12-26-13-11-17/h1,8-13,16,19H,4-7,14-15H2,2H3. The number of methoxy groups -OCH3 is 1. The van der Waals surface area contributed by atoms with Crippen LogP contribution in [0.3, 0.4) is 0 Å². The Labute approximate surface area is 192 Å². The molecule has 0 spiro atoms. The molecule has 4 rings (SSSR count). The van der Waals surface area contributed by atoms with Gasteiger partial charge in [0.15, 0.2) is 11.6 Å². The number of nitrogens with zero attached hydrogens (tertiary/aromatic N) is 5. The molecule has 2 aromatic heterocycles. The van der Waals surface area contributed by atoms with E-state index in [9.17, 15) is 4.79 Å². The maximum absolute atomic E-state index is 12.4. The average Bonchev–Trinajstić information content (AvgIpc) is 3.50. The molecule has 0 radical (unpaired) electrons. The van der Waals surface area contributed by atoms with E-state index in [1.165, 1.54) is 0 Å². The van der Waals surface area contributed by atoms with Crippen LogP contribution in [-0.4, -0.2) is 50.3 Å². The Morgan fingerprint density at radius 3 is 2.66 bits per heavy atom. The van der Waals surface area contributed by atoms with E-state index in [1.807, 2.05) is 18.2 Å². The first-order valence-corrected chi connectivity index (χ1v) is 10.9. The second-order valence-electron chi connectivity index (χ2n) is 7.65. The Balaban J connectivity index is 1.68. The third kappa shape index (κ3) is 4.61. The van der Waals surface area contributed by atoms with Gasteiger partial charge in [-0.15, -0.1) is 6.42 Å². The Morgan fingerprint density at radius 1 is 1.25 bits per heavy atom. The first-order chi connectivity index (χ1) is 15.6. The molecule has 1 amide bonds. The van der Waals surface area contributed by atoms with Crippen molar-refractivity contribution in [2.75, 3.05) is 13.7 Å². The van der Waals surface area contributed by atoms with Crippen LogP contribution in [-0.2, 0) is 11.3 Å². The summed E-state index contributed by atoms with van der Waals surface area (Å²) in [4.78, 5) is 23.1. The maximum Gasteiger partial charge on any atom is 0.298 e. The molecule has 2 heterocycles. The predicted octanol–water partition coefficient (Wildman–Crippen LogP) is 4.07. The summed E-state index contributed by atoms with van der Waals surface area (Å²) >= 11 is 6.36. The minimum absolute atomic E-state index is 0.181. The second-order valence-corrected chi connectivity index (χ2v) is 8.06. The van der Waals surface area contributed by atoms with Crippen LogP contribution in [0.1, 0.15) is 25.7 Å². The molecule has 0 unspecified atom stereocenters. The number of halogens is 1. The van der Waals surface area contributed by atoms with Gasteiger partial charge in [0.1, 0.15) is 5.75 Å². The number of pyridine rings is 1. The number of amides is 1. The number of hydrogen-bond donors (Lipinski definition) is 0. The van der Waals surface area contributed by atoms with E-state index in [2.05, 4.69) is 10.9 Å². The van der Waals surface area contributed by atoms with Crippen LogP contribution in [0.25, 0.3) is 22.8 Å². The van der Waals surface area contributed by atoms with Crippen molar-refractivity contribution >= 4 is 17.5 Å². The largest absolute Gasteiger partial charge is 0.495 e. The van der Waals surface area contributed by atoms with Crippen molar-refractivity contribution in [2.24, 2.45) is 0 Å². The quantitative estimate of drug-likeness (QED) is 0.508. The van der Waals surface area contributed by atoms with Gasteiger partial charge in [-0.25, -0.2) is 9.67 Å². The van der Waals surface area contributed by atoms with Crippen molar-refractivity contribution in [1.29, 1.82) is 0 Å². The summed E-state index contributed by atoms with van der Waals surface area (Å²) in [5, 5.41) is 5.21.